The number of rotatable bonds is 58. The Morgan fingerprint density at radius 2 is 0.494 bits per heavy atom. The van der Waals surface area contributed by atoms with Crippen LogP contribution >= 0.6 is 0 Å². The van der Waals surface area contributed by atoms with Crippen LogP contribution in [0.4, 0.5) is 0 Å². The van der Waals surface area contributed by atoms with Crippen LogP contribution in [0.15, 0.2) is 182 Å². The minimum absolute atomic E-state index is 0.120. The van der Waals surface area contributed by atoms with Crippen LogP contribution < -0.4 is 0 Å². The zero-order chi connectivity index (χ0) is 59.9. The Labute approximate surface area is 510 Å². The molecule has 0 heterocycles. The van der Waals surface area contributed by atoms with Crippen molar-refractivity contribution in [3.63, 3.8) is 0 Å². The van der Waals surface area contributed by atoms with Gasteiger partial charge >= 0.3 is 17.9 Å². The van der Waals surface area contributed by atoms with E-state index in [0.717, 1.165) is 154 Å². The molecule has 0 saturated carbocycles. The average Bonchev–Trinajstić information content (AvgIpc) is 3.49. The van der Waals surface area contributed by atoms with Crippen LogP contribution in [0.5, 0.6) is 0 Å². The van der Waals surface area contributed by atoms with Gasteiger partial charge in [0.25, 0.3) is 0 Å². The van der Waals surface area contributed by atoms with Crippen molar-refractivity contribution in [2.75, 3.05) is 13.2 Å². The number of allylic oxidation sites excluding steroid dienone is 30. The van der Waals surface area contributed by atoms with Crippen molar-refractivity contribution in [1.29, 1.82) is 0 Å². The Hall–Kier alpha value is -5.49. The minimum atomic E-state index is -0.836. The van der Waals surface area contributed by atoms with Gasteiger partial charge in [-0.05, 0) is 128 Å². The molecule has 0 aliphatic rings. The van der Waals surface area contributed by atoms with Gasteiger partial charge in [0.05, 0.1) is 0 Å². The lowest BCUT2D eigenvalue weighted by Crippen LogP contribution is -2.30. The van der Waals surface area contributed by atoms with Crippen molar-refractivity contribution >= 4 is 17.9 Å². The Morgan fingerprint density at radius 1 is 0.253 bits per heavy atom. The second-order valence-electron chi connectivity index (χ2n) is 21.3. The molecule has 0 saturated heterocycles. The van der Waals surface area contributed by atoms with E-state index in [4.69, 9.17) is 14.2 Å². The largest absolute Gasteiger partial charge is 0.462 e. The summed E-state index contributed by atoms with van der Waals surface area (Å²) < 4.78 is 16.8. The molecule has 0 bridgehead atoms. The Morgan fingerprint density at radius 3 is 0.783 bits per heavy atom. The Kier molecular flexibility index (Phi) is 64.4. The molecule has 0 spiro atoms. The van der Waals surface area contributed by atoms with E-state index >= 15 is 0 Å². The number of unbranched alkanes of at least 4 members (excludes halogenated alkanes) is 17. The van der Waals surface area contributed by atoms with E-state index in [0.29, 0.717) is 19.3 Å². The average molecular weight is 1140 g/mol. The molecule has 0 aromatic carbocycles. The van der Waals surface area contributed by atoms with Gasteiger partial charge in [-0.3, -0.25) is 14.4 Å². The number of carbonyl (C=O) groups excluding carboxylic acids is 3. The summed E-state index contributed by atoms with van der Waals surface area (Å²) in [5.41, 5.74) is 0. The van der Waals surface area contributed by atoms with Gasteiger partial charge in [0.2, 0.25) is 0 Å². The first-order valence-electron chi connectivity index (χ1n) is 33.3. The monoisotopic (exact) mass is 1140 g/mol. The highest BCUT2D eigenvalue weighted by molar-refractivity contribution is 5.71. The molecular formula is C77H120O6. The van der Waals surface area contributed by atoms with Crippen LogP contribution in [-0.4, -0.2) is 37.2 Å². The van der Waals surface area contributed by atoms with Crippen LogP contribution in [0.2, 0.25) is 0 Å². The highest BCUT2D eigenvalue weighted by atomic mass is 16.6. The molecule has 6 nitrogen and oxygen atoms in total. The maximum absolute atomic E-state index is 12.9. The third-order valence-electron chi connectivity index (χ3n) is 13.4. The Bertz CT molecular complexity index is 1940. The summed E-state index contributed by atoms with van der Waals surface area (Å²) in [7, 11) is 0. The molecule has 83 heavy (non-hydrogen) atoms. The molecule has 6 heteroatoms. The lowest BCUT2D eigenvalue weighted by Gasteiger charge is -2.18. The van der Waals surface area contributed by atoms with Gasteiger partial charge in [-0.15, -0.1) is 0 Å². The fraction of sp³-hybridized carbons (Fsp3) is 0.571. The third-order valence-corrected chi connectivity index (χ3v) is 13.4. The predicted octanol–water partition coefficient (Wildman–Crippen LogP) is 23.2. The van der Waals surface area contributed by atoms with E-state index in [1.165, 1.54) is 64.2 Å². The van der Waals surface area contributed by atoms with Crippen molar-refractivity contribution in [3.05, 3.63) is 182 Å². The summed E-state index contributed by atoms with van der Waals surface area (Å²) in [4.78, 5) is 38.3. The lowest BCUT2D eigenvalue weighted by molar-refractivity contribution is -0.166. The van der Waals surface area contributed by atoms with Crippen LogP contribution in [0, 0.1) is 0 Å². The molecule has 0 aromatic rings. The molecule has 0 amide bonds. The first-order chi connectivity index (χ1) is 41.0. The maximum Gasteiger partial charge on any atom is 0.306 e. The molecule has 0 aromatic heterocycles. The van der Waals surface area contributed by atoms with Gasteiger partial charge in [0, 0.05) is 19.3 Å². The van der Waals surface area contributed by atoms with Crippen molar-refractivity contribution < 1.29 is 28.6 Å². The van der Waals surface area contributed by atoms with Gasteiger partial charge in [0.1, 0.15) is 13.2 Å². The summed E-state index contributed by atoms with van der Waals surface area (Å²) in [6, 6.07) is 0. The smallest absolute Gasteiger partial charge is 0.306 e. The van der Waals surface area contributed by atoms with Crippen LogP contribution in [0.1, 0.15) is 265 Å². The van der Waals surface area contributed by atoms with Crippen molar-refractivity contribution in [1.82, 2.24) is 0 Å². The number of esters is 3. The van der Waals surface area contributed by atoms with E-state index in [9.17, 15) is 14.4 Å². The fourth-order valence-electron chi connectivity index (χ4n) is 8.52. The van der Waals surface area contributed by atoms with Crippen LogP contribution in [0.3, 0.4) is 0 Å². The topological polar surface area (TPSA) is 78.9 Å². The molecule has 464 valence electrons. The summed E-state index contributed by atoms with van der Waals surface area (Å²) in [6.45, 7) is 6.33. The number of hydrogen-bond donors (Lipinski definition) is 0. The van der Waals surface area contributed by atoms with Crippen LogP contribution in [0.25, 0.3) is 0 Å². The van der Waals surface area contributed by atoms with E-state index in [-0.39, 0.29) is 31.6 Å². The molecule has 1 atom stereocenters. The van der Waals surface area contributed by atoms with Gasteiger partial charge in [-0.2, -0.15) is 0 Å². The number of ether oxygens (including phenoxy) is 3. The van der Waals surface area contributed by atoms with Gasteiger partial charge in [-0.1, -0.05) is 299 Å². The van der Waals surface area contributed by atoms with Crippen molar-refractivity contribution in [2.24, 2.45) is 0 Å². The molecule has 0 aliphatic carbocycles. The molecule has 0 radical (unpaired) electrons. The van der Waals surface area contributed by atoms with E-state index in [2.05, 4.69) is 191 Å². The van der Waals surface area contributed by atoms with Gasteiger partial charge < -0.3 is 14.2 Å². The molecule has 1 unspecified atom stereocenters. The van der Waals surface area contributed by atoms with E-state index in [1.54, 1.807) is 0 Å². The van der Waals surface area contributed by atoms with Crippen LogP contribution in [-0.2, 0) is 28.6 Å². The lowest BCUT2D eigenvalue weighted by atomic mass is 10.0. The SMILES string of the molecule is CC/C=C\C/C=C\C/C=C\C/C=C\C/C=C\C/C=C\C/C=C\C/C=C\C/C=C\CCCCCCCC(=O)OCC(COC(=O)CCCCCCCCCCCCCCC)OC(=O)CC/C=C\C/C=C\C/C=C\C/C=C\C/C=C\C/C=C\CC. The maximum atomic E-state index is 12.9. The zero-order valence-electron chi connectivity index (χ0n) is 53.1. The Balaban J connectivity index is 4.44. The van der Waals surface area contributed by atoms with E-state index in [1.807, 2.05) is 12.2 Å². The molecule has 0 rings (SSSR count). The van der Waals surface area contributed by atoms with Crippen molar-refractivity contribution in [3.8, 4) is 0 Å². The van der Waals surface area contributed by atoms with Gasteiger partial charge in [-0.25, -0.2) is 0 Å². The quantitative estimate of drug-likeness (QED) is 0.0261. The number of hydrogen-bond acceptors (Lipinski definition) is 6. The summed E-state index contributed by atoms with van der Waals surface area (Å²) in [6.07, 6.45) is 103. The second kappa shape index (κ2) is 69.0. The molecular weight excluding hydrogens is 1020 g/mol. The zero-order valence-corrected chi connectivity index (χ0v) is 53.1. The number of carbonyl (C=O) groups is 3. The second-order valence-corrected chi connectivity index (χ2v) is 21.3. The standard InChI is InChI=1S/C77H120O6/c1-4-7-10-13-16-19-22-25-27-29-31-32-33-34-35-36-37-38-39-40-41-42-43-44-46-47-49-52-55-58-61-64-67-70-76(79)82-73-74(72-81-75(78)69-66-63-60-57-54-51-24-21-18-15-12-9-6-3)83-77(80)71-68-65-62-59-56-53-50-48-45-30-28-26-23-20-17-14-11-8-5-2/h7-8,10-11,16-17,19-20,25-28,31-32,34-35,37-38,40-41,43-45,47-49,53,56,62,65,74H,4-6,9,12-15,18,21-24,29-30,33,36,39,42,46,50-52,54-55,57-61,63-64,66-73H2,1-3H3/b10-7-,11-8-,19-16-,20-17-,27-25-,28-26-,32-31-,35-34-,38-37-,41-40-,44-43-,48-45-,49-47-,56-53-,65-62-. The fourth-order valence-corrected chi connectivity index (χ4v) is 8.52. The summed E-state index contributed by atoms with van der Waals surface area (Å²) in [5, 5.41) is 0. The highest BCUT2D eigenvalue weighted by Gasteiger charge is 2.19. The summed E-state index contributed by atoms with van der Waals surface area (Å²) >= 11 is 0. The minimum Gasteiger partial charge on any atom is -0.462 e. The van der Waals surface area contributed by atoms with Crippen molar-refractivity contribution in [2.45, 2.75) is 271 Å². The molecule has 0 N–H and O–H groups in total. The first-order valence-corrected chi connectivity index (χ1v) is 33.3. The highest BCUT2D eigenvalue weighted by Crippen LogP contribution is 2.15. The third kappa shape index (κ3) is 67.2. The predicted molar refractivity (Wildman–Crippen MR) is 361 cm³/mol. The summed E-state index contributed by atoms with van der Waals surface area (Å²) in [5.74, 6) is -1.03. The normalized spacial score (nSPS) is 13.3. The molecule has 0 aliphatic heterocycles. The van der Waals surface area contributed by atoms with Gasteiger partial charge in [0.15, 0.2) is 6.10 Å². The van der Waals surface area contributed by atoms with E-state index < -0.39 is 12.1 Å². The molecule has 0 fully saturated rings. The first kappa shape index (κ1) is 77.5.